The molecule has 0 aliphatic heterocycles. The second-order valence-corrected chi connectivity index (χ2v) is 4.04. The molecule has 1 rings (SSSR count). The van der Waals surface area contributed by atoms with E-state index in [2.05, 4.69) is 6.58 Å². The molecule has 18 heavy (non-hydrogen) atoms. The Kier molecular flexibility index (Phi) is 4.44. The summed E-state index contributed by atoms with van der Waals surface area (Å²) in [6.45, 7) is 9.06. The molecule has 0 amide bonds. The van der Waals surface area contributed by atoms with Crippen LogP contribution in [-0.4, -0.2) is 18.0 Å². The Morgan fingerprint density at radius 1 is 1.61 bits per heavy atom. The van der Waals surface area contributed by atoms with Gasteiger partial charge in [0, 0.05) is 24.8 Å². The number of nitrogens with zero attached hydrogens (tertiary/aromatic N) is 3. The first-order valence-electron chi connectivity index (χ1n) is 5.57. The zero-order valence-electron chi connectivity index (χ0n) is 10.5. The van der Waals surface area contributed by atoms with Crippen molar-refractivity contribution in [1.82, 2.24) is 0 Å². The number of hydrogen-bond acceptors (Lipinski definition) is 4. The summed E-state index contributed by atoms with van der Waals surface area (Å²) in [4.78, 5) is 12.3. The first kappa shape index (κ1) is 13.7. The largest absolute Gasteiger partial charge is 0.368 e. The van der Waals surface area contributed by atoms with Crippen LogP contribution in [0.3, 0.4) is 0 Å². The fourth-order valence-electron chi connectivity index (χ4n) is 1.67. The normalized spacial score (nSPS) is 9.61. The van der Waals surface area contributed by atoms with Crippen molar-refractivity contribution in [2.24, 2.45) is 0 Å². The fraction of sp³-hybridized carbons (Fsp3) is 0.308. The van der Waals surface area contributed by atoms with Crippen LogP contribution in [0.25, 0.3) is 0 Å². The Balaban J connectivity index is 3.18. The number of likely N-dealkylation sites (N-methyl/N-ethyl adjacent to an activating group) is 1. The van der Waals surface area contributed by atoms with Crippen LogP contribution in [0.15, 0.2) is 30.4 Å². The summed E-state index contributed by atoms with van der Waals surface area (Å²) in [6.07, 6.45) is 0. The van der Waals surface area contributed by atoms with E-state index in [4.69, 9.17) is 5.26 Å². The fourth-order valence-corrected chi connectivity index (χ4v) is 1.67. The van der Waals surface area contributed by atoms with Gasteiger partial charge in [-0.15, -0.1) is 0 Å². The van der Waals surface area contributed by atoms with Crippen molar-refractivity contribution in [3.05, 3.63) is 46.0 Å². The van der Waals surface area contributed by atoms with Crippen molar-refractivity contribution in [3.63, 3.8) is 0 Å². The van der Waals surface area contributed by atoms with Crippen molar-refractivity contribution >= 4 is 11.4 Å². The number of nitriles is 1. The van der Waals surface area contributed by atoms with E-state index >= 15 is 0 Å². The van der Waals surface area contributed by atoms with Crippen LogP contribution in [0, 0.1) is 21.4 Å². The predicted octanol–water partition coefficient (Wildman–Crippen LogP) is 2.87. The molecule has 1 aromatic carbocycles. The van der Waals surface area contributed by atoms with Gasteiger partial charge in [0.25, 0.3) is 5.69 Å². The summed E-state index contributed by atoms with van der Waals surface area (Å²) in [5, 5.41) is 19.7. The summed E-state index contributed by atoms with van der Waals surface area (Å²) in [5.74, 6) is 0. The van der Waals surface area contributed by atoms with Gasteiger partial charge in [0.15, 0.2) is 0 Å². The average Bonchev–Trinajstić information content (AvgIpc) is 2.34. The minimum absolute atomic E-state index is 0.0788. The van der Waals surface area contributed by atoms with Gasteiger partial charge in [0.1, 0.15) is 11.6 Å². The highest BCUT2D eigenvalue weighted by Crippen LogP contribution is 2.25. The average molecular weight is 245 g/mol. The lowest BCUT2D eigenvalue weighted by Crippen LogP contribution is -2.24. The zero-order valence-corrected chi connectivity index (χ0v) is 10.5. The van der Waals surface area contributed by atoms with E-state index in [0.717, 1.165) is 17.8 Å². The maximum atomic E-state index is 10.9. The molecular weight excluding hydrogens is 230 g/mol. The molecule has 0 saturated heterocycles. The summed E-state index contributed by atoms with van der Waals surface area (Å²) < 4.78 is 0. The SMILES string of the molecule is C=C(C)CN(CC)c1ccc(C#N)c([N+](=O)[O-])c1. The van der Waals surface area contributed by atoms with Crippen LogP contribution in [0.1, 0.15) is 19.4 Å². The zero-order chi connectivity index (χ0) is 13.7. The Morgan fingerprint density at radius 3 is 2.72 bits per heavy atom. The third-order valence-electron chi connectivity index (χ3n) is 2.51. The van der Waals surface area contributed by atoms with Crippen molar-refractivity contribution < 1.29 is 4.92 Å². The highest BCUT2D eigenvalue weighted by Gasteiger charge is 2.16. The number of rotatable bonds is 5. The Morgan fingerprint density at radius 2 is 2.28 bits per heavy atom. The van der Waals surface area contributed by atoms with Crippen LogP contribution >= 0.6 is 0 Å². The standard InChI is InChI=1S/C13H15N3O2/c1-4-15(9-10(2)3)12-6-5-11(8-14)13(7-12)16(17)18/h5-7H,2,4,9H2,1,3H3. The number of benzene rings is 1. The van der Waals surface area contributed by atoms with E-state index in [1.165, 1.54) is 12.1 Å². The maximum Gasteiger partial charge on any atom is 0.289 e. The lowest BCUT2D eigenvalue weighted by molar-refractivity contribution is -0.385. The Hall–Kier alpha value is -2.35. The lowest BCUT2D eigenvalue weighted by atomic mass is 10.1. The molecule has 0 aliphatic carbocycles. The van der Waals surface area contributed by atoms with Crippen molar-refractivity contribution in [1.29, 1.82) is 5.26 Å². The molecule has 0 atom stereocenters. The highest BCUT2D eigenvalue weighted by molar-refractivity contribution is 5.60. The second-order valence-electron chi connectivity index (χ2n) is 4.04. The molecule has 0 heterocycles. The summed E-state index contributed by atoms with van der Waals surface area (Å²) in [6, 6.07) is 6.46. The molecule has 0 fully saturated rings. The first-order chi connectivity index (χ1) is 8.49. The lowest BCUT2D eigenvalue weighted by Gasteiger charge is -2.23. The molecule has 0 bridgehead atoms. The number of nitro groups is 1. The van der Waals surface area contributed by atoms with Crippen molar-refractivity contribution in [2.45, 2.75) is 13.8 Å². The van der Waals surface area contributed by atoms with Crippen molar-refractivity contribution in [3.8, 4) is 6.07 Å². The van der Waals surface area contributed by atoms with Gasteiger partial charge in [-0.3, -0.25) is 10.1 Å². The number of nitro benzene ring substituents is 1. The molecule has 0 aromatic heterocycles. The monoisotopic (exact) mass is 245 g/mol. The predicted molar refractivity (Wildman–Crippen MR) is 70.5 cm³/mol. The van der Waals surface area contributed by atoms with Gasteiger partial charge >= 0.3 is 0 Å². The van der Waals surface area contributed by atoms with Crippen LogP contribution in [0.4, 0.5) is 11.4 Å². The molecule has 0 spiro atoms. The van der Waals surface area contributed by atoms with Crippen molar-refractivity contribution in [2.75, 3.05) is 18.0 Å². The van der Waals surface area contributed by atoms with E-state index in [1.54, 1.807) is 6.07 Å². The van der Waals surface area contributed by atoms with Gasteiger partial charge in [0.05, 0.1) is 4.92 Å². The minimum Gasteiger partial charge on any atom is -0.368 e. The van der Waals surface area contributed by atoms with Crippen LogP contribution in [0.5, 0.6) is 0 Å². The number of anilines is 1. The molecule has 5 nitrogen and oxygen atoms in total. The topological polar surface area (TPSA) is 70.2 Å². The molecule has 5 heteroatoms. The quantitative estimate of drug-likeness (QED) is 0.454. The summed E-state index contributed by atoms with van der Waals surface area (Å²) in [7, 11) is 0. The molecule has 0 N–H and O–H groups in total. The number of hydrogen-bond donors (Lipinski definition) is 0. The minimum atomic E-state index is -0.531. The third-order valence-corrected chi connectivity index (χ3v) is 2.51. The third kappa shape index (κ3) is 3.08. The van der Waals surface area contributed by atoms with Crippen LogP contribution in [0.2, 0.25) is 0 Å². The molecular formula is C13H15N3O2. The molecule has 0 saturated carbocycles. The van der Waals surface area contributed by atoms with Gasteiger partial charge in [0.2, 0.25) is 0 Å². The van der Waals surface area contributed by atoms with E-state index < -0.39 is 4.92 Å². The Labute approximate surface area is 106 Å². The van der Waals surface area contributed by atoms with E-state index in [1.807, 2.05) is 24.8 Å². The smallest absolute Gasteiger partial charge is 0.289 e. The highest BCUT2D eigenvalue weighted by atomic mass is 16.6. The van der Waals surface area contributed by atoms with E-state index in [-0.39, 0.29) is 11.3 Å². The molecule has 0 aliphatic rings. The van der Waals surface area contributed by atoms with Gasteiger partial charge in [-0.1, -0.05) is 12.2 Å². The van der Waals surface area contributed by atoms with Gasteiger partial charge in [-0.05, 0) is 26.0 Å². The molecule has 1 aromatic rings. The maximum absolute atomic E-state index is 10.9. The second kappa shape index (κ2) is 5.82. The van der Waals surface area contributed by atoms with Gasteiger partial charge in [-0.25, -0.2) is 0 Å². The van der Waals surface area contributed by atoms with Gasteiger partial charge in [-0.2, -0.15) is 5.26 Å². The summed E-state index contributed by atoms with van der Waals surface area (Å²) >= 11 is 0. The van der Waals surface area contributed by atoms with Crippen LogP contribution in [-0.2, 0) is 0 Å². The Bertz CT molecular complexity index is 517. The van der Waals surface area contributed by atoms with E-state index in [9.17, 15) is 10.1 Å². The van der Waals surface area contributed by atoms with Gasteiger partial charge < -0.3 is 4.90 Å². The van der Waals surface area contributed by atoms with E-state index in [0.29, 0.717) is 6.54 Å². The summed E-state index contributed by atoms with van der Waals surface area (Å²) in [5.41, 5.74) is 1.63. The molecule has 0 radical (unpaired) electrons. The molecule has 94 valence electrons. The first-order valence-corrected chi connectivity index (χ1v) is 5.57. The molecule has 0 unspecified atom stereocenters. The van der Waals surface area contributed by atoms with Crippen LogP contribution < -0.4 is 4.90 Å².